The highest BCUT2D eigenvalue weighted by molar-refractivity contribution is 6.94. The minimum Gasteiger partial charge on any atom is -0.418 e. The van der Waals surface area contributed by atoms with Crippen LogP contribution in [0.5, 0.6) is 0 Å². The summed E-state index contributed by atoms with van der Waals surface area (Å²) in [5.41, 5.74) is 0. The molecule has 1 aliphatic heterocycles. The van der Waals surface area contributed by atoms with E-state index in [2.05, 4.69) is 105 Å². The summed E-state index contributed by atoms with van der Waals surface area (Å²) in [6.07, 6.45) is 3.73. The molecule has 0 bridgehead atoms. The average molecular weight is 762 g/mol. The van der Waals surface area contributed by atoms with E-state index in [1.54, 1.807) is 0 Å². The molecule has 1 aliphatic rings. The summed E-state index contributed by atoms with van der Waals surface area (Å²) in [7, 11) is -17.0. The lowest BCUT2D eigenvalue weighted by Gasteiger charge is -2.50. The van der Waals surface area contributed by atoms with Gasteiger partial charge in [-0.15, -0.1) is 0 Å². The van der Waals surface area contributed by atoms with Crippen LogP contribution in [0.25, 0.3) is 0 Å². The third-order valence-corrected chi connectivity index (χ3v) is 30.1. The van der Waals surface area contributed by atoms with Crippen LogP contribution >= 0.6 is 0 Å². The van der Waals surface area contributed by atoms with E-state index in [1.807, 2.05) is 0 Å². The second-order valence-electron chi connectivity index (χ2n) is 17.2. The molecule has 0 amide bonds. The Labute approximate surface area is 281 Å². The molecule has 8 nitrogen and oxygen atoms in total. The molecule has 1 rings (SSSR count). The normalized spacial score (nSPS) is 29.5. The standard InChI is InChI=1S/C28H72O8Si8/c1-37(2,3)29-21-17-25-41(13)33-42(14,26-18-22-30-38(4,5)6)35-44(16,28-20-24-32-40(10,11)12)36-43(15,34-41)27-19-23-31-39(7,8)9/h17-28H2,1-16H3. The van der Waals surface area contributed by atoms with Crippen LogP contribution in [0.4, 0.5) is 0 Å². The predicted octanol–water partition coefficient (Wildman–Crippen LogP) is 9.32. The van der Waals surface area contributed by atoms with Crippen LogP contribution in [-0.4, -0.2) is 93.9 Å². The van der Waals surface area contributed by atoms with Crippen molar-refractivity contribution in [2.75, 3.05) is 26.4 Å². The van der Waals surface area contributed by atoms with Crippen LogP contribution in [0.2, 0.25) is 129 Å². The maximum Gasteiger partial charge on any atom is 0.317 e. The van der Waals surface area contributed by atoms with E-state index in [0.29, 0.717) is 0 Å². The van der Waals surface area contributed by atoms with Gasteiger partial charge in [-0.05, 0) is 155 Å². The van der Waals surface area contributed by atoms with Gasteiger partial charge in [0.05, 0.1) is 0 Å². The van der Waals surface area contributed by atoms with E-state index in [0.717, 1.165) is 76.3 Å². The Hall–Kier alpha value is 1.42. The van der Waals surface area contributed by atoms with Gasteiger partial charge in [-0.1, -0.05) is 0 Å². The van der Waals surface area contributed by atoms with E-state index in [-0.39, 0.29) is 0 Å². The maximum absolute atomic E-state index is 7.33. The van der Waals surface area contributed by atoms with Crippen molar-refractivity contribution in [3.05, 3.63) is 0 Å². The molecule has 0 atom stereocenters. The van der Waals surface area contributed by atoms with Gasteiger partial charge in [0, 0.05) is 26.4 Å². The van der Waals surface area contributed by atoms with Gasteiger partial charge in [0.1, 0.15) is 0 Å². The summed E-state index contributed by atoms with van der Waals surface area (Å²) in [6, 6.07) is 3.53. The zero-order valence-electron chi connectivity index (χ0n) is 31.8. The zero-order chi connectivity index (χ0) is 34.1. The second-order valence-corrected chi connectivity index (χ2v) is 49.6. The SMILES string of the molecule is C[Si](C)(C)OCCC[Si]1(C)O[Si](C)(CCCO[Si](C)(C)C)O[Si](C)(CCCO[Si](C)(C)C)O[Si](C)(CCCO[Si](C)(C)C)O1. The Kier molecular flexibility index (Phi) is 17.2. The average Bonchev–Trinajstić information content (AvgIpc) is 2.77. The Morgan fingerprint density at radius 3 is 0.636 bits per heavy atom. The highest BCUT2D eigenvalue weighted by atomic mass is 28.5. The number of hydrogen-bond acceptors (Lipinski definition) is 8. The van der Waals surface area contributed by atoms with Crippen LogP contribution in [0.15, 0.2) is 0 Å². The van der Waals surface area contributed by atoms with E-state index in [4.69, 9.17) is 34.2 Å². The topological polar surface area (TPSA) is 73.8 Å². The van der Waals surface area contributed by atoms with Crippen molar-refractivity contribution < 1.29 is 34.2 Å². The van der Waals surface area contributed by atoms with Crippen LogP contribution in [-0.2, 0) is 34.2 Å². The fraction of sp³-hybridized carbons (Fsp3) is 1.00. The summed E-state index contributed by atoms with van der Waals surface area (Å²) < 4.78 is 54.3. The molecule has 0 radical (unpaired) electrons. The first-order valence-corrected chi connectivity index (χ1v) is 40.7. The van der Waals surface area contributed by atoms with E-state index >= 15 is 0 Å². The molecule has 44 heavy (non-hydrogen) atoms. The molecular weight excluding hydrogens is 689 g/mol. The van der Waals surface area contributed by atoms with Crippen LogP contribution in [0.1, 0.15) is 25.7 Å². The fourth-order valence-corrected chi connectivity index (χ4v) is 31.6. The lowest BCUT2D eigenvalue weighted by Crippen LogP contribution is -2.67. The summed E-state index contributed by atoms with van der Waals surface area (Å²) in [4.78, 5) is 0. The first-order chi connectivity index (χ1) is 19.7. The zero-order valence-corrected chi connectivity index (χ0v) is 39.8. The summed E-state index contributed by atoms with van der Waals surface area (Å²) in [5, 5.41) is 0. The number of rotatable bonds is 20. The quantitative estimate of drug-likeness (QED) is 0.0899. The van der Waals surface area contributed by atoms with Crippen LogP contribution in [0, 0.1) is 0 Å². The first kappa shape index (κ1) is 43.4. The molecule has 0 saturated carbocycles. The van der Waals surface area contributed by atoms with Gasteiger partial charge >= 0.3 is 34.2 Å². The molecule has 0 aromatic rings. The third kappa shape index (κ3) is 20.7. The summed E-state index contributed by atoms with van der Waals surface area (Å²) >= 11 is 0. The predicted molar refractivity (Wildman–Crippen MR) is 206 cm³/mol. The summed E-state index contributed by atoms with van der Waals surface area (Å²) in [5.74, 6) is 0. The molecule has 0 N–H and O–H groups in total. The number of hydrogen-bond donors (Lipinski definition) is 0. The van der Waals surface area contributed by atoms with Gasteiger partial charge in [-0.3, -0.25) is 0 Å². The lowest BCUT2D eigenvalue weighted by molar-refractivity contribution is 0.210. The molecule has 1 heterocycles. The van der Waals surface area contributed by atoms with Gasteiger partial charge in [0.15, 0.2) is 33.3 Å². The molecule has 1 fully saturated rings. The van der Waals surface area contributed by atoms with E-state index in [9.17, 15) is 0 Å². The third-order valence-electron chi connectivity index (χ3n) is 6.97. The summed E-state index contributed by atoms with van der Waals surface area (Å²) in [6.45, 7) is 39.0. The Balaban J connectivity index is 3.30. The molecule has 0 aromatic carbocycles. The van der Waals surface area contributed by atoms with Crippen LogP contribution in [0.3, 0.4) is 0 Å². The van der Waals surface area contributed by atoms with Gasteiger partial charge in [-0.25, -0.2) is 0 Å². The van der Waals surface area contributed by atoms with Gasteiger partial charge in [0.2, 0.25) is 0 Å². The van der Waals surface area contributed by atoms with Gasteiger partial charge in [-0.2, -0.15) is 0 Å². The molecule has 0 unspecified atom stereocenters. The van der Waals surface area contributed by atoms with E-state index in [1.165, 1.54) is 0 Å². The van der Waals surface area contributed by atoms with Crippen molar-refractivity contribution in [3.63, 3.8) is 0 Å². The Morgan fingerprint density at radius 1 is 0.341 bits per heavy atom. The highest BCUT2D eigenvalue weighted by Crippen LogP contribution is 2.39. The van der Waals surface area contributed by atoms with Gasteiger partial charge < -0.3 is 34.2 Å². The Morgan fingerprint density at radius 2 is 0.500 bits per heavy atom. The molecule has 264 valence electrons. The van der Waals surface area contributed by atoms with Crippen molar-refractivity contribution in [3.8, 4) is 0 Å². The minimum atomic E-state index is -2.66. The van der Waals surface area contributed by atoms with E-state index < -0.39 is 67.5 Å². The lowest BCUT2D eigenvalue weighted by atomic mass is 10.5. The largest absolute Gasteiger partial charge is 0.418 e. The first-order valence-electron chi connectivity index (χ1n) is 17.0. The fourth-order valence-electron chi connectivity index (χ4n) is 5.40. The highest BCUT2D eigenvalue weighted by Gasteiger charge is 2.56. The minimum absolute atomic E-state index is 0.751. The van der Waals surface area contributed by atoms with Crippen molar-refractivity contribution in [2.24, 2.45) is 0 Å². The van der Waals surface area contributed by atoms with Crippen molar-refractivity contribution >= 4 is 67.5 Å². The van der Waals surface area contributed by atoms with Crippen molar-refractivity contribution in [1.82, 2.24) is 0 Å². The Bertz CT molecular complexity index is 695. The maximum atomic E-state index is 7.33. The molecule has 0 spiro atoms. The molecular formula is C28H72O8Si8. The second kappa shape index (κ2) is 17.4. The monoisotopic (exact) mass is 760 g/mol. The molecule has 0 aliphatic carbocycles. The van der Waals surface area contributed by atoms with Crippen molar-refractivity contribution in [2.45, 2.75) is 155 Å². The molecule has 0 aromatic heterocycles. The molecule has 16 heteroatoms. The smallest absolute Gasteiger partial charge is 0.317 e. The van der Waals surface area contributed by atoms with Gasteiger partial charge in [0.25, 0.3) is 0 Å². The van der Waals surface area contributed by atoms with Crippen molar-refractivity contribution in [1.29, 1.82) is 0 Å². The molecule has 1 saturated heterocycles. The van der Waals surface area contributed by atoms with Crippen LogP contribution < -0.4 is 0 Å².